The smallest absolute Gasteiger partial charge is 0.0870 e. The fourth-order valence-electron chi connectivity index (χ4n) is 6.59. The normalized spacial score (nSPS) is 18.9. The number of rotatable bonds is 4. The lowest BCUT2D eigenvalue weighted by atomic mass is 9.90. The maximum absolute atomic E-state index is 3.86. The topological polar surface area (TPSA) is 36.1 Å². The van der Waals surface area contributed by atoms with E-state index in [2.05, 4.69) is 168 Å². The first-order chi connectivity index (χ1) is 20.8. The summed E-state index contributed by atoms with van der Waals surface area (Å²) in [7, 11) is 0. The summed E-state index contributed by atoms with van der Waals surface area (Å²) in [6.07, 6.45) is -0.0906. The van der Waals surface area contributed by atoms with Crippen molar-refractivity contribution in [2.24, 2.45) is 0 Å². The minimum atomic E-state index is -0.0677. The second-order valence-corrected chi connectivity index (χ2v) is 11.1. The van der Waals surface area contributed by atoms with E-state index in [0.29, 0.717) is 0 Å². The second kappa shape index (κ2) is 10.6. The Morgan fingerprint density at radius 1 is 0.333 bits per heavy atom. The average molecular weight is 542 g/mol. The van der Waals surface area contributed by atoms with Gasteiger partial charge < -0.3 is 0 Å². The van der Waals surface area contributed by atoms with Gasteiger partial charge in [0.2, 0.25) is 0 Å². The largest absolute Gasteiger partial charge is 0.279 e. The highest BCUT2D eigenvalue weighted by molar-refractivity contribution is 6.25. The fourth-order valence-corrected chi connectivity index (χ4v) is 6.59. The van der Waals surface area contributed by atoms with Crippen LogP contribution in [0.2, 0.25) is 0 Å². The van der Waals surface area contributed by atoms with Gasteiger partial charge in [-0.05, 0) is 66.2 Å². The molecule has 0 spiro atoms. The van der Waals surface area contributed by atoms with Crippen LogP contribution in [0, 0.1) is 0 Å². The van der Waals surface area contributed by atoms with Gasteiger partial charge in [-0.1, -0.05) is 146 Å². The molecule has 1 aliphatic heterocycles. The third-order valence-electron chi connectivity index (χ3n) is 8.59. The molecule has 0 bridgehead atoms. The van der Waals surface area contributed by atoms with Crippen molar-refractivity contribution >= 4 is 32.3 Å². The van der Waals surface area contributed by atoms with E-state index in [1.54, 1.807) is 0 Å². The van der Waals surface area contributed by atoms with E-state index < -0.39 is 0 Å². The highest BCUT2D eigenvalue weighted by Gasteiger charge is 2.30. The molecule has 0 aromatic heterocycles. The van der Waals surface area contributed by atoms with Crippen LogP contribution in [0.3, 0.4) is 0 Å². The van der Waals surface area contributed by atoms with Crippen LogP contribution in [0.25, 0.3) is 43.4 Å². The van der Waals surface area contributed by atoms with Gasteiger partial charge in [0.25, 0.3) is 0 Å². The molecule has 1 aliphatic rings. The van der Waals surface area contributed by atoms with Crippen LogP contribution >= 0.6 is 0 Å². The molecule has 0 radical (unpaired) electrons. The Morgan fingerprint density at radius 2 is 0.762 bits per heavy atom. The molecule has 202 valence electrons. The summed E-state index contributed by atoms with van der Waals surface area (Å²) >= 11 is 0. The molecule has 0 saturated carbocycles. The predicted molar refractivity (Wildman–Crippen MR) is 175 cm³/mol. The number of benzene rings is 7. The number of hydrogen-bond acceptors (Lipinski definition) is 3. The third-order valence-corrected chi connectivity index (χ3v) is 8.59. The van der Waals surface area contributed by atoms with Gasteiger partial charge in [-0.3, -0.25) is 16.0 Å². The molecule has 0 aliphatic carbocycles. The van der Waals surface area contributed by atoms with Crippen LogP contribution in [0.4, 0.5) is 0 Å². The summed E-state index contributed by atoms with van der Waals surface area (Å²) in [6, 6.07) is 54.6. The zero-order valence-corrected chi connectivity index (χ0v) is 23.2. The molecule has 8 rings (SSSR count). The van der Waals surface area contributed by atoms with Crippen molar-refractivity contribution in [3.05, 3.63) is 168 Å². The van der Waals surface area contributed by atoms with Crippen LogP contribution in [-0.2, 0) is 0 Å². The Balaban J connectivity index is 1.26. The summed E-state index contributed by atoms with van der Waals surface area (Å²) < 4.78 is 0. The minimum Gasteiger partial charge on any atom is -0.279 e. The summed E-state index contributed by atoms with van der Waals surface area (Å²) in [6.45, 7) is 0. The summed E-state index contributed by atoms with van der Waals surface area (Å²) in [5.74, 6) is 0. The van der Waals surface area contributed by atoms with Gasteiger partial charge in [0, 0.05) is 0 Å². The van der Waals surface area contributed by atoms with Gasteiger partial charge in [0.05, 0.1) is 18.5 Å². The van der Waals surface area contributed by atoms with Crippen LogP contribution < -0.4 is 16.0 Å². The number of hydrogen-bond donors (Lipinski definition) is 3. The zero-order chi connectivity index (χ0) is 27.9. The highest BCUT2D eigenvalue weighted by atomic mass is 15.4. The average Bonchev–Trinajstić information content (AvgIpc) is 3.09. The van der Waals surface area contributed by atoms with Crippen LogP contribution in [0.1, 0.15) is 35.2 Å². The lowest BCUT2D eigenvalue weighted by molar-refractivity contribution is 0.203. The Kier molecular flexibility index (Phi) is 6.27. The summed E-state index contributed by atoms with van der Waals surface area (Å²) in [4.78, 5) is 0. The molecule has 1 heterocycles. The van der Waals surface area contributed by atoms with E-state index >= 15 is 0 Å². The van der Waals surface area contributed by atoms with Crippen molar-refractivity contribution in [3.63, 3.8) is 0 Å². The SMILES string of the molecule is c1ccc(C2NC(c3ccccc3)NC(c3ccccc3-c3ccc4c5ccccc5c5ccccc5c4c3)N2)cc1. The Morgan fingerprint density at radius 3 is 1.33 bits per heavy atom. The van der Waals surface area contributed by atoms with E-state index in [9.17, 15) is 0 Å². The van der Waals surface area contributed by atoms with Crippen LogP contribution in [-0.4, -0.2) is 0 Å². The molecule has 3 nitrogen and oxygen atoms in total. The van der Waals surface area contributed by atoms with Crippen molar-refractivity contribution in [1.29, 1.82) is 0 Å². The lowest BCUT2D eigenvalue weighted by Gasteiger charge is -2.40. The highest BCUT2D eigenvalue weighted by Crippen LogP contribution is 2.39. The lowest BCUT2D eigenvalue weighted by Crippen LogP contribution is -2.54. The molecule has 3 N–H and O–H groups in total. The Labute approximate surface area is 245 Å². The molecule has 2 atom stereocenters. The first-order valence-electron chi connectivity index (χ1n) is 14.6. The van der Waals surface area contributed by atoms with Gasteiger partial charge in [0.15, 0.2) is 0 Å². The molecule has 7 aromatic rings. The predicted octanol–water partition coefficient (Wildman–Crippen LogP) is 8.99. The monoisotopic (exact) mass is 541 g/mol. The molecular formula is C39H31N3. The van der Waals surface area contributed by atoms with Crippen molar-refractivity contribution in [3.8, 4) is 11.1 Å². The summed E-state index contributed by atoms with van der Waals surface area (Å²) in [5, 5.41) is 19.3. The first-order valence-corrected chi connectivity index (χ1v) is 14.6. The molecule has 7 aromatic carbocycles. The molecular weight excluding hydrogens is 510 g/mol. The fraction of sp³-hybridized carbons (Fsp3) is 0.0769. The second-order valence-electron chi connectivity index (χ2n) is 11.1. The minimum absolute atomic E-state index is 0.0115. The van der Waals surface area contributed by atoms with Crippen LogP contribution in [0.5, 0.6) is 0 Å². The Bertz CT molecular complexity index is 1950. The molecule has 42 heavy (non-hydrogen) atoms. The standard InChI is InChI=1S/C39H31N3/c1-3-13-26(14-4-1)37-40-38(27-15-5-2-6-16-27)42-39(41-37)35-22-12-7-17-29(35)28-23-24-34-32-20-9-8-18-30(32)31-19-10-11-21-33(31)36(34)25-28/h1-25,37-42H. The van der Waals surface area contributed by atoms with Gasteiger partial charge in [-0.15, -0.1) is 0 Å². The van der Waals surface area contributed by atoms with Gasteiger partial charge in [-0.2, -0.15) is 0 Å². The molecule has 0 amide bonds. The van der Waals surface area contributed by atoms with E-state index in [-0.39, 0.29) is 18.5 Å². The van der Waals surface area contributed by atoms with E-state index in [0.717, 1.165) is 0 Å². The van der Waals surface area contributed by atoms with Gasteiger partial charge >= 0.3 is 0 Å². The summed E-state index contributed by atoms with van der Waals surface area (Å²) in [5.41, 5.74) is 6.10. The van der Waals surface area contributed by atoms with Crippen molar-refractivity contribution in [2.75, 3.05) is 0 Å². The first kappa shape index (κ1) is 25.0. The van der Waals surface area contributed by atoms with Gasteiger partial charge in [0.1, 0.15) is 0 Å². The maximum Gasteiger partial charge on any atom is 0.0870 e. The van der Waals surface area contributed by atoms with E-state index in [4.69, 9.17) is 0 Å². The number of nitrogens with one attached hydrogen (secondary N) is 3. The van der Waals surface area contributed by atoms with Crippen molar-refractivity contribution in [1.82, 2.24) is 16.0 Å². The quantitative estimate of drug-likeness (QED) is 0.195. The molecule has 3 heteroatoms. The molecule has 1 saturated heterocycles. The van der Waals surface area contributed by atoms with Crippen LogP contribution in [0.15, 0.2) is 152 Å². The third kappa shape index (κ3) is 4.36. The van der Waals surface area contributed by atoms with Crippen molar-refractivity contribution in [2.45, 2.75) is 18.5 Å². The van der Waals surface area contributed by atoms with E-state index in [1.807, 2.05) is 0 Å². The van der Waals surface area contributed by atoms with E-state index in [1.165, 1.54) is 60.1 Å². The van der Waals surface area contributed by atoms with Crippen molar-refractivity contribution < 1.29 is 0 Å². The Hall–Kier alpha value is -4.80. The molecule has 1 fully saturated rings. The molecule has 2 unspecified atom stereocenters. The zero-order valence-electron chi connectivity index (χ0n) is 23.2. The number of fused-ring (bicyclic) bond motifs is 6. The van der Waals surface area contributed by atoms with Gasteiger partial charge in [-0.25, -0.2) is 0 Å². The maximum atomic E-state index is 3.86.